The molecule has 0 spiro atoms. The molecule has 1 aromatic carbocycles. The first kappa shape index (κ1) is 22.3. The number of imidazole rings is 1. The summed E-state index contributed by atoms with van der Waals surface area (Å²) in [5.74, 6) is 0.297. The van der Waals surface area contributed by atoms with E-state index in [4.69, 9.17) is 0 Å². The zero-order chi connectivity index (χ0) is 22.6. The van der Waals surface area contributed by atoms with Crippen LogP contribution in [0.1, 0.15) is 17.1 Å². The number of nitrogens with one attached hydrogen (secondary N) is 1. The van der Waals surface area contributed by atoms with Gasteiger partial charge in [-0.2, -0.15) is 0 Å². The standard InChI is InChI=1S/C21H27N5O5/c1-15-12-24(16(2)23-15)9-8-22-19(27)18-13-25(20(28)29)10-11-26(18,21(30)31)14-17-6-4-3-5-7-17/h3-7,12,18H,8-11,13-14H2,1-2H3,(H2-,22,27,28,29,30,31)/t18-,26?/m1/s1. The number of rotatable bonds is 6. The van der Waals surface area contributed by atoms with Gasteiger partial charge in [0.15, 0.2) is 6.04 Å². The van der Waals surface area contributed by atoms with E-state index in [-0.39, 0.29) is 32.7 Å². The van der Waals surface area contributed by atoms with Crippen molar-refractivity contribution >= 4 is 18.1 Å². The van der Waals surface area contributed by atoms with Crippen LogP contribution >= 0.6 is 0 Å². The van der Waals surface area contributed by atoms with Crippen molar-refractivity contribution in [1.82, 2.24) is 19.8 Å². The molecule has 0 bridgehead atoms. The zero-order valence-electron chi connectivity index (χ0n) is 17.7. The predicted octanol–water partition coefficient (Wildman–Crippen LogP) is 0.339. The largest absolute Gasteiger partial charge is 0.498 e. The molecule has 0 radical (unpaired) electrons. The van der Waals surface area contributed by atoms with E-state index in [0.29, 0.717) is 6.54 Å². The number of nitrogens with zero attached hydrogens (tertiary/aromatic N) is 4. The van der Waals surface area contributed by atoms with E-state index in [1.54, 1.807) is 24.3 Å². The molecule has 31 heavy (non-hydrogen) atoms. The number of benzene rings is 1. The number of piperazine rings is 1. The van der Waals surface area contributed by atoms with Crippen LogP contribution in [0.3, 0.4) is 0 Å². The van der Waals surface area contributed by atoms with Crippen molar-refractivity contribution in [2.45, 2.75) is 33.0 Å². The maximum absolute atomic E-state index is 13.1. The van der Waals surface area contributed by atoms with Gasteiger partial charge in [-0.25, -0.2) is 9.78 Å². The second-order valence-corrected chi connectivity index (χ2v) is 7.83. The Hall–Kier alpha value is -3.40. The van der Waals surface area contributed by atoms with Crippen molar-refractivity contribution in [1.29, 1.82) is 0 Å². The van der Waals surface area contributed by atoms with Crippen molar-refractivity contribution in [2.75, 3.05) is 26.2 Å². The van der Waals surface area contributed by atoms with Crippen molar-refractivity contribution in [3.8, 4) is 0 Å². The average Bonchev–Trinajstić information content (AvgIpc) is 3.05. The van der Waals surface area contributed by atoms with Crippen molar-refractivity contribution < 1.29 is 29.1 Å². The minimum Gasteiger partial charge on any atom is -0.498 e. The number of hydrogen-bond acceptors (Lipinski definition) is 5. The van der Waals surface area contributed by atoms with Gasteiger partial charge in [-0.05, 0) is 13.8 Å². The second-order valence-electron chi connectivity index (χ2n) is 7.83. The Morgan fingerprint density at radius 1 is 1.26 bits per heavy atom. The summed E-state index contributed by atoms with van der Waals surface area (Å²) in [6.45, 7) is 4.24. The molecule has 2 heterocycles. The van der Waals surface area contributed by atoms with Crippen molar-refractivity contribution in [3.63, 3.8) is 0 Å². The fourth-order valence-corrected chi connectivity index (χ4v) is 4.08. The van der Waals surface area contributed by atoms with Gasteiger partial charge >= 0.3 is 6.09 Å². The van der Waals surface area contributed by atoms with Crippen LogP contribution in [0.5, 0.6) is 0 Å². The van der Waals surface area contributed by atoms with Crippen LogP contribution in [0.15, 0.2) is 36.5 Å². The SMILES string of the molecule is Cc1cn(CCNC(=O)[C@H]2CN(C(=O)O)CC[N+]2(Cc2ccccc2)C(=O)[O-])c(C)n1. The first-order chi connectivity index (χ1) is 14.7. The molecule has 0 aliphatic carbocycles. The Bertz CT molecular complexity index is 960. The summed E-state index contributed by atoms with van der Waals surface area (Å²) in [6, 6.07) is 7.84. The van der Waals surface area contributed by atoms with Crippen LogP contribution in [0.2, 0.25) is 0 Å². The molecule has 1 aliphatic heterocycles. The zero-order valence-corrected chi connectivity index (χ0v) is 17.7. The Morgan fingerprint density at radius 2 is 1.97 bits per heavy atom. The molecule has 1 aromatic heterocycles. The summed E-state index contributed by atoms with van der Waals surface area (Å²) in [5.41, 5.74) is 1.60. The molecule has 166 valence electrons. The van der Waals surface area contributed by atoms with E-state index in [1.165, 1.54) is 0 Å². The van der Waals surface area contributed by atoms with Gasteiger partial charge in [0.1, 0.15) is 18.9 Å². The lowest BCUT2D eigenvalue weighted by molar-refractivity contribution is -0.907. The Balaban J connectivity index is 1.80. The number of aryl methyl sites for hydroxylation is 2. The molecule has 2 N–H and O–H groups in total. The molecule has 0 saturated carbocycles. The van der Waals surface area contributed by atoms with Gasteiger partial charge in [0.05, 0.1) is 18.8 Å². The van der Waals surface area contributed by atoms with E-state index in [9.17, 15) is 24.6 Å². The quantitative estimate of drug-likeness (QED) is 0.638. The number of hydrogen-bond donors (Lipinski definition) is 2. The number of carboxylic acid groups (broad SMARTS) is 2. The van der Waals surface area contributed by atoms with Crippen molar-refractivity contribution in [3.05, 3.63) is 53.6 Å². The third-order valence-electron chi connectivity index (χ3n) is 5.75. The Labute approximate surface area is 180 Å². The molecule has 1 saturated heterocycles. The van der Waals surface area contributed by atoms with Crippen LogP contribution in [0, 0.1) is 13.8 Å². The minimum absolute atomic E-state index is 0.00738. The van der Waals surface area contributed by atoms with Gasteiger partial charge in [-0.15, -0.1) is 0 Å². The van der Waals surface area contributed by atoms with E-state index in [1.807, 2.05) is 30.7 Å². The highest BCUT2D eigenvalue weighted by atomic mass is 16.4. The molecule has 3 rings (SSSR count). The molecule has 2 atom stereocenters. The molecule has 1 unspecified atom stereocenters. The third-order valence-corrected chi connectivity index (χ3v) is 5.75. The smallest absolute Gasteiger partial charge is 0.407 e. The first-order valence-electron chi connectivity index (χ1n) is 10.1. The lowest BCUT2D eigenvalue weighted by Crippen LogP contribution is -2.74. The highest BCUT2D eigenvalue weighted by Crippen LogP contribution is 2.25. The molecule has 10 nitrogen and oxygen atoms in total. The van der Waals surface area contributed by atoms with Crippen LogP contribution in [0.4, 0.5) is 9.59 Å². The maximum Gasteiger partial charge on any atom is 0.407 e. The Morgan fingerprint density at radius 3 is 2.55 bits per heavy atom. The number of amides is 3. The fraction of sp³-hybridized carbons (Fsp3) is 0.429. The maximum atomic E-state index is 13.1. The average molecular weight is 429 g/mol. The molecule has 1 aliphatic rings. The third kappa shape index (κ3) is 4.85. The normalized spacial score (nSPS) is 21.0. The van der Waals surface area contributed by atoms with Gasteiger partial charge in [0.2, 0.25) is 0 Å². The molecule has 10 heteroatoms. The molecule has 2 aromatic rings. The van der Waals surface area contributed by atoms with Gasteiger partial charge in [-0.3, -0.25) is 14.2 Å². The number of aromatic nitrogens is 2. The highest BCUT2D eigenvalue weighted by molar-refractivity contribution is 5.83. The monoisotopic (exact) mass is 429 g/mol. The second kappa shape index (κ2) is 9.17. The highest BCUT2D eigenvalue weighted by Gasteiger charge is 2.49. The topological polar surface area (TPSA) is 128 Å². The summed E-state index contributed by atoms with van der Waals surface area (Å²) in [5, 5.41) is 24.5. The lowest BCUT2D eigenvalue weighted by Gasteiger charge is -2.48. The van der Waals surface area contributed by atoms with E-state index < -0.39 is 28.6 Å². The predicted molar refractivity (Wildman–Crippen MR) is 109 cm³/mol. The molecule has 3 amide bonds. The first-order valence-corrected chi connectivity index (χ1v) is 10.1. The summed E-state index contributed by atoms with van der Waals surface area (Å²) < 4.78 is 1.24. The summed E-state index contributed by atoms with van der Waals surface area (Å²) in [7, 11) is 0. The number of quaternary nitrogens is 1. The summed E-state index contributed by atoms with van der Waals surface area (Å²) in [4.78, 5) is 42.3. The minimum atomic E-state index is -1.39. The number of carbonyl (C=O) groups excluding carboxylic acids is 2. The van der Waals surface area contributed by atoms with Crippen LogP contribution in [-0.4, -0.2) is 74.4 Å². The van der Waals surface area contributed by atoms with Crippen molar-refractivity contribution in [2.24, 2.45) is 0 Å². The van der Waals surface area contributed by atoms with Gasteiger partial charge in [-0.1, -0.05) is 30.3 Å². The van der Waals surface area contributed by atoms with E-state index in [2.05, 4.69) is 10.3 Å². The van der Waals surface area contributed by atoms with Crippen LogP contribution < -0.4 is 10.4 Å². The number of carbonyl (C=O) groups is 3. The van der Waals surface area contributed by atoms with E-state index in [0.717, 1.165) is 22.0 Å². The van der Waals surface area contributed by atoms with Gasteiger partial charge in [0.25, 0.3) is 12.0 Å². The van der Waals surface area contributed by atoms with Gasteiger partial charge in [0, 0.05) is 24.8 Å². The lowest BCUT2D eigenvalue weighted by atomic mass is 10.0. The van der Waals surface area contributed by atoms with Crippen LogP contribution in [-0.2, 0) is 17.9 Å². The summed E-state index contributed by atoms with van der Waals surface area (Å²) in [6.07, 6.45) is -0.709. The van der Waals surface area contributed by atoms with E-state index >= 15 is 0 Å². The molecule has 1 fully saturated rings. The van der Waals surface area contributed by atoms with Gasteiger partial charge < -0.3 is 24.9 Å². The summed E-state index contributed by atoms with van der Waals surface area (Å²) >= 11 is 0. The van der Waals surface area contributed by atoms with Crippen LogP contribution in [0.25, 0.3) is 0 Å². The Kier molecular flexibility index (Phi) is 6.59. The molecular weight excluding hydrogens is 402 g/mol. The fourth-order valence-electron chi connectivity index (χ4n) is 4.08. The molecular formula is C21H27N5O5.